The van der Waals surface area contributed by atoms with Gasteiger partial charge in [-0.15, -0.1) is 0 Å². The first-order valence-corrected chi connectivity index (χ1v) is 5.84. The fraction of sp³-hybridized carbons (Fsp3) is 0.444. The number of aromatic nitrogens is 1. The molecule has 100 valence electrons. The summed E-state index contributed by atoms with van der Waals surface area (Å²) >= 11 is -0.158. The maximum Gasteiger partial charge on any atom is 0.441 e. The van der Waals surface area contributed by atoms with Gasteiger partial charge in [-0.25, -0.2) is 4.98 Å². The third-order valence-electron chi connectivity index (χ3n) is 1.95. The lowest BCUT2D eigenvalue weighted by atomic mass is 10.2. The molecule has 0 aliphatic heterocycles. The fourth-order valence-corrected chi connectivity index (χ4v) is 1.59. The Morgan fingerprint density at radius 1 is 1.56 bits per heavy atom. The van der Waals surface area contributed by atoms with E-state index in [1.807, 2.05) is 0 Å². The van der Waals surface area contributed by atoms with Gasteiger partial charge in [0.05, 0.1) is 11.0 Å². The SMILES string of the molecule is Cc1cnc(NCCSC(F)(F)F)cc1[N+](=O)[O-]. The van der Waals surface area contributed by atoms with E-state index in [1.54, 1.807) is 0 Å². The Morgan fingerprint density at radius 2 is 2.22 bits per heavy atom. The molecule has 0 radical (unpaired) electrons. The number of pyridine rings is 1. The van der Waals surface area contributed by atoms with Gasteiger partial charge in [-0.2, -0.15) is 13.2 Å². The van der Waals surface area contributed by atoms with Crippen molar-refractivity contribution in [2.24, 2.45) is 0 Å². The van der Waals surface area contributed by atoms with E-state index in [9.17, 15) is 23.3 Å². The van der Waals surface area contributed by atoms with Crippen LogP contribution in [0.2, 0.25) is 0 Å². The molecule has 0 aliphatic rings. The van der Waals surface area contributed by atoms with Crippen LogP contribution in [-0.4, -0.2) is 27.7 Å². The molecular weight excluding hydrogens is 271 g/mol. The number of alkyl halides is 3. The van der Waals surface area contributed by atoms with Crippen molar-refractivity contribution in [2.75, 3.05) is 17.6 Å². The van der Waals surface area contributed by atoms with Crippen molar-refractivity contribution in [1.29, 1.82) is 0 Å². The molecule has 1 aromatic heterocycles. The second kappa shape index (κ2) is 5.89. The Bertz CT molecular complexity index is 440. The van der Waals surface area contributed by atoms with E-state index in [2.05, 4.69) is 10.3 Å². The molecule has 5 nitrogen and oxygen atoms in total. The van der Waals surface area contributed by atoms with Crippen molar-refractivity contribution in [2.45, 2.75) is 12.4 Å². The number of anilines is 1. The van der Waals surface area contributed by atoms with Gasteiger partial charge in [-0.1, -0.05) is 0 Å². The standard InChI is InChI=1S/C9H10F3N3O2S/c1-6-5-14-8(4-7(6)15(16)17)13-2-3-18-9(10,11)12/h4-5H,2-3H2,1H3,(H,13,14). The third kappa shape index (κ3) is 4.78. The van der Waals surface area contributed by atoms with Crippen LogP contribution in [0, 0.1) is 17.0 Å². The summed E-state index contributed by atoms with van der Waals surface area (Å²) in [4.78, 5) is 13.9. The first-order valence-electron chi connectivity index (χ1n) is 4.85. The van der Waals surface area contributed by atoms with E-state index >= 15 is 0 Å². The summed E-state index contributed by atoms with van der Waals surface area (Å²) in [6.45, 7) is 1.56. The Morgan fingerprint density at radius 3 is 2.78 bits per heavy atom. The molecule has 0 fully saturated rings. The molecule has 1 heterocycles. The summed E-state index contributed by atoms with van der Waals surface area (Å²) < 4.78 is 35.5. The molecule has 18 heavy (non-hydrogen) atoms. The van der Waals surface area contributed by atoms with Gasteiger partial charge < -0.3 is 5.32 Å². The monoisotopic (exact) mass is 281 g/mol. The first-order chi connectivity index (χ1) is 8.29. The molecule has 1 N–H and O–H groups in total. The number of thioether (sulfide) groups is 1. The number of nitrogens with zero attached hydrogens (tertiary/aromatic N) is 2. The molecule has 0 aliphatic carbocycles. The minimum Gasteiger partial charge on any atom is -0.369 e. The first kappa shape index (κ1) is 14.6. The predicted octanol–water partition coefficient (Wildman–Crippen LogP) is 2.96. The van der Waals surface area contributed by atoms with Crippen molar-refractivity contribution in [3.8, 4) is 0 Å². The molecule has 1 aromatic rings. The molecule has 0 unspecified atom stereocenters. The van der Waals surface area contributed by atoms with Gasteiger partial charge >= 0.3 is 5.51 Å². The van der Waals surface area contributed by atoms with Crippen LogP contribution >= 0.6 is 11.8 Å². The van der Waals surface area contributed by atoms with E-state index in [0.29, 0.717) is 5.56 Å². The number of aryl methyl sites for hydroxylation is 1. The van der Waals surface area contributed by atoms with Crippen molar-refractivity contribution < 1.29 is 18.1 Å². The largest absolute Gasteiger partial charge is 0.441 e. The van der Waals surface area contributed by atoms with E-state index in [1.165, 1.54) is 19.2 Å². The highest BCUT2D eigenvalue weighted by atomic mass is 32.2. The third-order valence-corrected chi connectivity index (χ3v) is 2.68. The van der Waals surface area contributed by atoms with Gasteiger partial charge in [0, 0.05) is 24.1 Å². The zero-order valence-corrected chi connectivity index (χ0v) is 10.1. The van der Waals surface area contributed by atoms with Crippen LogP contribution in [0.1, 0.15) is 5.56 Å². The van der Waals surface area contributed by atoms with Gasteiger partial charge in [-0.3, -0.25) is 10.1 Å². The lowest BCUT2D eigenvalue weighted by molar-refractivity contribution is -0.385. The van der Waals surface area contributed by atoms with Crippen molar-refractivity contribution in [3.63, 3.8) is 0 Å². The second-order valence-corrected chi connectivity index (χ2v) is 4.49. The van der Waals surface area contributed by atoms with Crippen LogP contribution in [0.15, 0.2) is 12.3 Å². The molecule has 0 saturated heterocycles. The predicted molar refractivity (Wildman–Crippen MR) is 62.6 cm³/mol. The molecule has 0 spiro atoms. The number of rotatable bonds is 5. The maximum atomic E-state index is 11.8. The van der Waals surface area contributed by atoms with Gasteiger partial charge in [0.2, 0.25) is 0 Å². The molecule has 0 atom stereocenters. The number of nitro groups is 1. The quantitative estimate of drug-likeness (QED) is 0.510. The maximum absolute atomic E-state index is 11.8. The Labute approximate surface area is 105 Å². The smallest absolute Gasteiger partial charge is 0.369 e. The molecule has 0 saturated carbocycles. The van der Waals surface area contributed by atoms with Gasteiger partial charge in [0.25, 0.3) is 5.69 Å². The zero-order chi connectivity index (χ0) is 13.8. The molecule has 0 aromatic carbocycles. The van der Waals surface area contributed by atoms with Crippen LogP contribution in [-0.2, 0) is 0 Å². The van der Waals surface area contributed by atoms with Crippen molar-refractivity contribution >= 4 is 23.3 Å². The minimum absolute atomic E-state index is 0.0252. The number of halogens is 3. The van der Waals surface area contributed by atoms with Gasteiger partial charge in [-0.05, 0) is 18.7 Å². The summed E-state index contributed by atoms with van der Waals surface area (Å²) in [6.07, 6.45) is 1.30. The Balaban J connectivity index is 2.53. The number of hydrogen-bond acceptors (Lipinski definition) is 5. The van der Waals surface area contributed by atoms with Crippen LogP contribution in [0.25, 0.3) is 0 Å². The van der Waals surface area contributed by atoms with Crippen LogP contribution in [0.3, 0.4) is 0 Å². The van der Waals surface area contributed by atoms with E-state index in [4.69, 9.17) is 0 Å². The van der Waals surface area contributed by atoms with E-state index in [0.717, 1.165) is 0 Å². The summed E-state index contributed by atoms with van der Waals surface area (Å²) in [7, 11) is 0. The second-order valence-electron chi connectivity index (χ2n) is 3.33. The van der Waals surface area contributed by atoms with Crippen molar-refractivity contribution in [3.05, 3.63) is 27.9 Å². The highest BCUT2D eigenvalue weighted by Gasteiger charge is 2.27. The Hall–Kier alpha value is -1.51. The number of hydrogen-bond donors (Lipinski definition) is 1. The van der Waals surface area contributed by atoms with E-state index < -0.39 is 10.4 Å². The average molecular weight is 281 g/mol. The summed E-state index contributed by atoms with van der Waals surface area (Å²) in [5.74, 6) is 0.00224. The zero-order valence-electron chi connectivity index (χ0n) is 9.32. The summed E-state index contributed by atoms with van der Waals surface area (Å²) in [5.41, 5.74) is -3.99. The lowest BCUT2D eigenvalue weighted by Crippen LogP contribution is -2.10. The van der Waals surface area contributed by atoms with E-state index in [-0.39, 0.29) is 35.6 Å². The van der Waals surface area contributed by atoms with Crippen molar-refractivity contribution in [1.82, 2.24) is 4.98 Å². The van der Waals surface area contributed by atoms with Gasteiger partial charge in [0.15, 0.2) is 0 Å². The molecule has 0 bridgehead atoms. The fourth-order valence-electron chi connectivity index (χ4n) is 1.15. The van der Waals surface area contributed by atoms with Crippen LogP contribution < -0.4 is 5.32 Å². The number of nitrogens with one attached hydrogen (secondary N) is 1. The molecule has 9 heteroatoms. The highest BCUT2D eigenvalue weighted by Crippen LogP contribution is 2.29. The molecular formula is C9H10F3N3O2S. The van der Waals surface area contributed by atoms with Crippen LogP contribution in [0.4, 0.5) is 24.7 Å². The summed E-state index contributed by atoms with van der Waals surface area (Å²) in [5, 5.41) is 13.2. The Kier molecular flexibility index (Phi) is 4.76. The lowest BCUT2D eigenvalue weighted by Gasteiger charge is -2.07. The van der Waals surface area contributed by atoms with Crippen LogP contribution in [0.5, 0.6) is 0 Å². The topological polar surface area (TPSA) is 68.1 Å². The summed E-state index contributed by atoms with van der Waals surface area (Å²) in [6, 6.07) is 1.20. The highest BCUT2D eigenvalue weighted by molar-refractivity contribution is 8.00. The average Bonchev–Trinajstić information content (AvgIpc) is 2.24. The minimum atomic E-state index is -4.27. The molecule has 1 rings (SSSR count). The normalized spacial score (nSPS) is 11.3. The molecule has 0 amide bonds. The van der Waals surface area contributed by atoms with Gasteiger partial charge in [0.1, 0.15) is 5.82 Å².